The highest BCUT2D eigenvalue weighted by atomic mass is 28.3. The summed E-state index contributed by atoms with van der Waals surface area (Å²) in [5.74, 6) is 7.72. The van der Waals surface area contributed by atoms with Gasteiger partial charge in [0.05, 0.1) is 71.1 Å². The van der Waals surface area contributed by atoms with Crippen LogP contribution in [0.1, 0.15) is 284 Å². The molecular formula is C74H153NO6Si. The van der Waals surface area contributed by atoms with E-state index in [1.165, 1.54) is 76.4 Å². The van der Waals surface area contributed by atoms with E-state index >= 15 is 0 Å². The lowest BCUT2D eigenvalue weighted by Crippen LogP contribution is -2.35. The first-order chi connectivity index (χ1) is 37.8. The number of benzene rings is 1. The second kappa shape index (κ2) is 50.8. The number of hydrogen-bond acceptors (Lipinski definition) is 7. The van der Waals surface area contributed by atoms with Crippen molar-refractivity contribution in [2.45, 2.75) is 352 Å². The van der Waals surface area contributed by atoms with E-state index in [4.69, 9.17) is 28.4 Å². The summed E-state index contributed by atoms with van der Waals surface area (Å²) in [6, 6.07) is 10.0. The number of ether oxygens (including phenoxy) is 6. The zero-order valence-electron chi connectivity index (χ0n) is 61.8. The maximum atomic E-state index is 5.85. The Bertz CT molecular complexity index is 1410. The summed E-state index contributed by atoms with van der Waals surface area (Å²) in [6.07, 6.45) is 16.2. The minimum atomic E-state index is -0.960. The highest BCUT2D eigenvalue weighted by Crippen LogP contribution is 2.35. The largest absolute Gasteiger partial charge is 0.491 e. The molecule has 82 heavy (non-hydrogen) atoms. The van der Waals surface area contributed by atoms with Gasteiger partial charge in [0.15, 0.2) is 0 Å². The first-order valence-electron chi connectivity index (χ1n) is 34.5. The second-order valence-electron chi connectivity index (χ2n) is 30.3. The van der Waals surface area contributed by atoms with Crippen molar-refractivity contribution in [1.82, 2.24) is 4.90 Å². The van der Waals surface area contributed by atoms with Crippen LogP contribution in [0.2, 0.25) is 24.2 Å². The predicted molar refractivity (Wildman–Crippen MR) is 371 cm³/mol. The molecule has 0 bridgehead atoms. The molecule has 8 heteroatoms. The van der Waals surface area contributed by atoms with Gasteiger partial charge in [-0.05, 0) is 214 Å². The third kappa shape index (κ3) is 55.4. The molecule has 0 fully saturated rings. The molecule has 0 heterocycles. The topological polar surface area (TPSA) is 58.6 Å². The predicted octanol–water partition coefficient (Wildman–Crippen LogP) is 22.8. The number of nitrogens with zero attached hydrogens (tertiary/aromatic N) is 1. The van der Waals surface area contributed by atoms with Gasteiger partial charge in [0, 0.05) is 23.4 Å². The van der Waals surface area contributed by atoms with Crippen molar-refractivity contribution in [3.8, 4) is 11.5 Å². The second-order valence-corrected chi connectivity index (χ2v) is 35.7. The monoisotopic (exact) mass is 1180 g/mol. The van der Waals surface area contributed by atoms with Gasteiger partial charge in [-0.3, -0.25) is 0 Å². The van der Waals surface area contributed by atoms with Crippen LogP contribution < -0.4 is 9.47 Å². The van der Waals surface area contributed by atoms with Crippen molar-refractivity contribution in [2.75, 3.05) is 39.5 Å². The lowest BCUT2D eigenvalue weighted by molar-refractivity contribution is -0.0663. The first-order valence-corrected chi connectivity index (χ1v) is 37.5. The molecule has 1 aromatic carbocycles. The molecule has 494 valence electrons. The van der Waals surface area contributed by atoms with Gasteiger partial charge < -0.3 is 33.3 Å². The van der Waals surface area contributed by atoms with Gasteiger partial charge in [-0.1, -0.05) is 168 Å². The molecule has 0 atom stereocenters. The first kappa shape index (κ1) is 87.3. The summed E-state index contributed by atoms with van der Waals surface area (Å²) in [6.45, 7) is 77.2. The van der Waals surface area contributed by atoms with Crippen molar-refractivity contribution < 1.29 is 28.4 Å². The van der Waals surface area contributed by atoms with E-state index in [0.717, 1.165) is 80.0 Å². The van der Waals surface area contributed by atoms with Gasteiger partial charge in [0.25, 0.3) is 0 Å². The fraction of sp³-hybridized carbons (Fsp3) is 0.919. The summed E-state index contributed by atoms with van der Waals surface area (Å²) < 4.78 is 34.5. The van der Waals surface area contributed by atoms with Crippen LogP contribution in [-0.2, 0) is 25.4 Å². The summed E-state index contributed by atoms with van der Waals surface area (Å²) in [7, 11) is -0.960. The Morgan fingerprint density at radius 2 is 0.780 bits per heavy atom. The Hall–Kier alpha value is -1.16. The molecular weight excluding hydrogens is 1030 g/mol. The smallest absolute Gasteiger partial charge is 0.123 e. The molecule has 0 radical (unpaired) electrons. The molecule has 0 saturated carbocycles. The lowest BCUT2D eigenvalue weighted by Gasteiger charge is -2.35. The normalized spacial score (nSPS) is 12.5. The van der Waals surface area contributed by atoms with E-state index in [0.29, 0.717) is 54.1 Å². The van der Waals surface area contributed by atoms with Gasteiger partial charge in [-0.15, -0.1) is 0 Å². The van der Waals surface area contributed by atoms with E-state index < -0.39 is 8.07 Å². The van der Waals surface area contributed by atoms with Crippen LogP contribution in [0.3, 0.4) is 0 Å². The van der Waals surface area contributed by atoms with Crippen molar-refractivity contribution in [3.05, 3.63) is 23.8 Å². The van der Waals surface area contributed by atoms with E-state index in [9.17, 15) is 0 Å². The average Bonchev–Trinajstić information content (AvgIpc) is 3.31. The van der Waals surface area contributed by atoms with Gasteiger partial charge >= 0.3 is 0 Å². The Kier molecular flexibility index (Phi) is 54.1. The fourth-order valence-corrected chi connectivity index (χ4v) is 13.0. The quantitative estimate of drug-likeness (QED) is 0.0607. The van der Waals surface area contributed by atoms with Gasteiger partial charge in [0.2, 0.25) is 0 Å². The van der Waals surface area contributed by atoms with Crippen molar-refractivity contribution >= 4 is 8.07 Å². The maximum Gasteiger partial charge on any atom is 0.123 e. The Labute approximate surface area is 518 Å². The van der Waals surface area contributed by atoms with Crippen LogP contribution in [0.15, 0.2) is 18.2 Å². The summed E-state index contributed by atoms with van der Waals surface area (Å²) in [4.78, 5) is 2.64. The van der Waals surface area contributed by atoms with E-state index in [1.807, 2.05) is 33.8 Å². The number of hydrogen-bond donors (Lipinski definition) is 0. The molecule has 1 aromatic rings. The minimum absolute atomic E-state index is 0.183. The molecule has 1 rings (SSSR count). The van der Waals surface area contributed by atoms with Crippen LogP contribution in [0.4, 0.5) is 0 Å². The highest BCUT2D eigenvalue weighted by molar-refractivity contribution is 6.79. The Balaban J connectivity index is -0.000000465. The van der Waals surface area contributed by atoms with Crippen molar-refractivity contribution in [2.24, 2.45) is 52.8 Å². The van der Waals surface area contributed by atoms with E-state index in [-0.39, 0.29) is 17.6 Å². The third-order valence-corrected chi connectivity index (χ3v) is 21.0. The SMILES string of the molecule is CC(C)CCCN(CCCC(C)C)C(C)C.CC(C)CCC[Si](C)(CCCC(C)C)C(C)C.CC(C)Cc1cc(OC(C)C)cc(OC(C)C)c1.CC(C)OCC(COC(C)C)C(C)C.CCC(COC(C)C)(COC(C)C)CC(C)C. The van der Waals surface area contributed by atoms with E-state index in [2.05, 4.69) is 211 Å². The van der Waals surface area contributed by atoms with E-state index in [1.54, 1.807) is 12.1 Å². The fourth-order valence-electron chi connectivity index (χ4n) is 9.59. The maximum absolute atomic E-state index is 5.85. The van der Waals surface area contributed by atoms with Gasteiger partial charge in [0.1, 0.15) is 11.5 Å². The molecule has 0 aliphatic rings. The highest BCUT2D eigenvalue weighted by Gasteiger charge is 2.31. The summed E-state index contributed by atoms with van der Waals surface area (Å²) in [5.41, 5.74) is 2.42. The molecule has 0 spiro atoms. The molecule has 0 N–H and O–H groups in total. The zero-order valence-corrected chi connectivity index (χ0v) is 62.8. The van der Waals surface area contributed by atoms with Gasteiger partial charge in [-0.25, -0.2) is 0 Å². The van der Waals surface area contributed by atoms with Crippen LogP contribution >= 0.6 is 0 Å². The zero-order chi connectivity index (χ0) is 64.3. The molecule has 0 aromatic heterocycles. The Morgan fingerprint density at radius 3 is 1.04 bits per heavy atom. The van der Waals surface area contributed by atoms with Crippen molar-refractivity contribution in [1.29, 1.82) is 0 Å². The molecule has 0 unspecified atom stereocenters. The standard InChI is InChI=1S/C16H26O2.C16H36Si.C15H33N.C15H32O2.C12H26O2/c1-11(2)7-14-8-15(17-12(3)4)10-16(9-14)18-13(5)6;1-14(2)10-8-12-17(7,16(5)6)13-9-11-15(3)4;1-13(2)9-7-11-16(15(5)6)12-8-10-14(3)4;1-8-15(9-12(2)3,10-16-13(4)5)11-17-14(6)7;1-9(2)12(7-13-10(3)4)8-14-11(5)6/h8-13H,7H2,1-6H3;14-16H,8-13H2,1-7H3;13-15H,7-12H2,1-6H3;12-14H,8-11H2,1-7H3;9-12H,7-8H2,1-6H3. The molecule has 7 nitrogen and oxygen atoms in total. The molecule has 0 aliphatic carbocycles. The molecule has 0 amide bonds. The van der Waals surface area contributed by atoms with Crippen LogP contribution in [0.5, 0.6) is 11.5 Å². The Morgan fingerprint density at radius 1 is 0.427 bits per heavy atom. The number of rotatable bonds is 40. The molecule has 0 saturated heterocycles. The van der Waals surface area contributed by atoms with Crippen LogP contribution in [0.25, 0.3) is 0 Å². The van der Waals surface area contributed by atoms with Crippen LogP contribution in [0, 0.1) is 52.8 Å². The third-order valence-electron chi connectivity index (χ3n) is 15.2. The average molecular weight is 1180 g/mol. The molecule has 0 aliphatic heterocycles. The van der Waals surface area contributed by atoms with Crippen molar-refractivity contribution in [3.63, 3.8) is 0 Å². The lowest BCUT2D eigenvalue weighted by atomic mass is 9.79. The summed E-state index contributed by atoms with van der Waals surface area (Å²) in [5, 5.41) is 0. The van der Waals surface area contributed by atoms with Crippen LogP contribution in [-0.4, -0.2) is 95.2 Å². The summed E-state index contributed by atoms with van der Waals surface area (Å²) >= 11 is 0. The minimum Gasteiger partial charge on any atom is -0.491 e. The van der Waals surface area contributed by atoms with Gasteiger partial charge in [-0.2, -0.15) is 0 Å².